The molecule has 4 heteroatoms. The van der Waals surface area contributed by atoms with E-state index in [9.17, 15) is 0 Å². The molecule has 3 heterocycles. The van der Waals surface area contributed by atoms with Crippen LogP contribution < -0.4 is 21.1 Å². The van der Waals surface area contributed by atoms with Gasteiger partial charge in [-0.2, -0.15) is 0 Å². The molecular weight excluding hydrogens is 523 g/mol. The van der Waals surface area contributed by atoms with Gasteiger partial charge in [-0.3, -0.25) is 0 Å². The van der Waals surface area contributed by atoms with Gasteiger partial charge in [-0.1, -0.05) is 105 Å². The molecule has 0 aromatic heterocycles. The lowest BCUT2D eigenvalue weighted by Crippen LogP contribution is -2.60. The molecule has 0 bridgehead atoms. The van der Waals surface area contributed by atoms with Gasteiger partial charge < -0.3 is 4.74 Å². The molecule has 0 unspecified atom stereocenters. The Labute approximate surface area is 243 Å². The van der Waals surface area contributed by atoms with Gasteiger partial charge in [-0.15, -0.1) is 0 Å². The normalized spacial score (nSPS) is 14.3. The fraction of sp³-hybridized carbons (Fsp3) is 0.111. The second kappa shape index (κ2) is 7.99. The van der Waals surface area contributed by atoms with Gasteiger partial charge in [0.05, 0.1) is 0 Å². The Morgan fingerprint density at radius 3 is 1.95 bits per heavy atom. The predicted molar refractivity (Wildman–Crippen MR) is 171 cm³/mol. The molecule has 3 aliphatic heterocycles. The monoisotopic (exact) mass is 548 g/mol. The highest BCUT2D eigenvalue weighted by molar-refractivity contribution is 8.01. The maximum absolute atomic E-state index is 7.07. The molecule has 0 aliphatic carbocycles. The summed E-state index contributed by atoms with van der Waals surface area (Å²) in [6.45, 7) is 7.08. The summed E-state index contributed by atoms with van der Waals surface area (Å²) in [5.74, 6) is 2.07. The largest absolute Gasteiger partial charge is 0.458 e. The lowest BCUT2D eigenvalue weighted by molar-refractivity contribution is 0.457. The molecule has 0 N–H and O–H groups in total. The summed E-state index contributed by atoms with van der Waals surface area (Å²) in [7, 11) is 0. The van der Waals surface area contributed by atoms with Crippen molar-refractivity contribution in [2.75, 3.05) is 0 Å². The maximum atomic E-state index is 7.07. The molecule has 6 aromatic carbocycles. The lowest BCUT2D eigenvalue weighted by Gasteiger charge is -2.40. The van der Waals surface area contributed by atoms with Gasteiger partial charge in [-0.05, 0) is 96.4 Å². The smallest absolute Gasteiger partial charge is 0.256 e. The topological polar surface area (TPSA) is 9.23 Å². The van der Waals surface area contributed by atoms with Crippen LogP contribution in [-0.4, -0.2) is 6.71 Å². The molecular formula is C36H25BOS2. The molecule has 9 rings (SSSR count). The van der Waals surface area contributed by atoms with Gasteiger partial charge in [0, 0.05) is 19.6 Å². The van der Waals surface area contributed by atoms with E-state index in [1.165, 1.54) is 74.2 Å². The molecule has 0 saturated carbocycles. The average molecular weight is 549 g/mol. The third-order valence-electron chi connectivity index (χ3n) is 8.67. The molecule has 0 amide bonds. The van der Waals surface area contributed by atoms with Crippen molar-refractivity contribution < 1.29 is 4.74 Å². The lowest BCUT2D eigenvalue weighted by atomic mass is 9.35. The van der Waals surface area contributed by atoms with E-state index in [2.05, 4.69) is 118 Å². The van der Waals surface area contributed by atoms with Crippen molar-refractivity contribution in [2.24, 2.45) is 0 Å². The zero-order valence-corrected chi connectivity index (χ0v) is 24.2. The van der Waals surface area contributed by atoms with E-state index in [-0.39, 0.29) is 12.1 Å². The van der Waals surface area contributed by atoms with Crippen LogP contribution in [0.1, 0.15) is 26.3 Å². The van der Waals surface area contributed by atoms with E-state index in [4.69, 9.17) is 4.74 Å². The first-order valence-corrected chi connectivity index (χ1v) is 15.5. The molecule has 190 valence electrons. The van der Waals surface area contributed by atoms with Gasteiger partial charge in [0.15, 0.2) is 0 Å². The maximum Gasteiger partial charge on any atom is 0.256 e. The molecule has 6 aromatic rings. The Hall–Kier alpha value is -3.60. The van der Waals surface area contributed by atoms with Crippen LogP contribution in [0.2, 0.25) is 0 Å². The number of benzene rings is 6. The van der Waals surface area contributed by atoms with Gasteiger partial charge in [0.2, 0.25) is 0 Å². The molecule has 0 spiro atoms. The minimum Gasteiger partial charge on any atom is -0.458 e. The molecule has 0 fully saturated rings. The summed E-state index contributed by atoms with van der Waals surface area (Å²) in [5, 5.41) is 5.08. The highest BCUT2D eigenvalue weighted by Crippen LogP contribution is 2.48. The van der Waals surface area contributed by atoms with E-state index in [0.717, 1.165) is 11.5 Å². The minimum atomic E-state index is -0.0258. The Morgan fingerprint density at radius 2 is 1.25 bits per heavy atom. The van der Waals surface area contributed by atoms with E-state index in [1.54, 1.807) is 0 Å². The summed E-state index contributed by atoms with van der Waals surface area (Å²) in [5.41, 5.74) is 7.90. The van der Waals surface area contributed by atoms with Crippen molar-refractivity contribution in [3.8, 4) is 22.6 Å². The van der Waals surface area contributed by atoms with Crippen LogP contribution in [0.15, 0.2) is 117 Å². The zero-order valence-electron chi connectivity index (χ0n) is 22.5. The number of rotatable bonds is 1. The van der Waals surface area contributed by atoms with Gasteiger partial charge in [0.25, 0.3) is 6.71 Å². The number of ether oxygens (including phenoxy) is 1. The van der Waals surface area contributed by atoms with Crippen LogP contribution in [0.5, 0.6) is 11.5 Å². The van der Waals surface area contributed by atoms with Crippen LogP contribution in [0.4, 0.5) is 0 Å². The van der Waals surface area contributed by atoms with E-state index in [0.29, 0.717) is 0 Å². The van der Waals surface area contributed by atoms with Crippen LogP contribution in [0, 0.1) is 0 Å². The Kier molecular flexibility index (Phi) is 4.63. The first-order chi connectivity index (χ1) is 19.5. The van der Waals surface area contributed by atoms with E-state index in [1.807, 2.05) is 23.5 Å². The van der Waals surface area contributed by atoms with E-state index < -0.39 is 0 Å². The highest BCUT2D eigenvalue weighted by atomic mass is 32.2. The number of hydrogen-bond acceptors (Lipinski definition) is 3. The minimum absolute atomic E-state index is 0.0258. The first kappa shape index (κ1) is 23.1. The molecule has 0 radical (unpaired) electrons. The van der Waals surface area contributed by atoms with Crippen molar-refractivity contribution in [1.29, 1.82) is 0 Å². The Bertz CT molecular complexity index is 2030. The van der Waals surface area contributed by atoms with Crippen LogP contribution in [-0.2, 0) is 5.41 Å². The summed E-state index contributed by atoms with van der Waals surface area (Å²) in [4.78, 5) is 5.38. The molecule has 0 saturated heterocycles. The van der Waals surface area contributed by atoms with Crippen molar-refractivity contribution in [1.82, 2.24) is 0 Å². The van der Waals surface area contributed by atoms with Crippen molar-refractivity contribution in [3.63, 3.8) is 0 Å². The number of fused-ring (bicyclic) bond motifs is 2. The highest BCUT2D eigenvalue weighted by Gasteiger charge is 2.46. The average Bonchev–Trinajstić information content (AvgIpc) is 2.95. The van der Waals surface area contributed by atoms with Gasteiger partial charge >= 0.3 is 0 Å². The van der Waals surface area contributed by atoms with E-state index >= 15 is 0 Å². The standard InChI is InChI=1S/C36H25BOS2/c1-36(2,3)25-15-16-29-34-35(25)38-26-18-22(19-30-32(26)37(34)33-27(39-29)13-8-14-28(33)40-30)31-23-11-6-4-9-20(23)17-21-10-5-7-12-24(21)31/h4-19H,1-3H3. The van der Waals surface area contributed by atoms with Crippen molar-refractivity contribution >= 4 is 68.2 Å². The summed E-state index contributed by atoms with van der Waals surface area (Å²) in [6.07, 6.45) is 0. The SMILES string of the molecule is CC(C)(C)c1ccc2c3c1Oc1cc(-c4c5ccccc5cc5ccccc45)cc4c1B3c1c(cccc1S2)S4. The van der Waals surface area contributed by atoms with Gasteiger partial charge in [-0.25, -0.2) is 0 Å². The predicted octanol–water partition coefficient (Wildman–Crippen LogP) is 8.51. The Balaban J connectivity index is 1.38. The van der Waals surface area contributed by atoms with Crippen LogP contribution in [0.3, 0.4) is 0 Å². The second-order valence-electron chi connectivity index (χ2n) is 12.1. The Morgan fingerprint density at radius 1 is 0.600 bits per heavy atom. The zero-order chi connectivity index (χ0) is 26.7. The summed E-state index contributed by atoms with van der Waals surface area (Å²) < 4.78 is 7.07. The van der Waals surface area contributed by atoms with Crippen LogP contribution >= 0.6 is 23.5 Å². The summed E-state index contributed by atoms with van der Waals surface area (Å²) in [6, 6.07) is 36.0. The molecule has 40 heavy (non-hydrogen) atoms. The third-order valence-corrected chi connectivity index (χ3v) is 11.0. The molecule has 1 nitrogen and oxygen atoms in total. The quantitative estimate of drug-likeness (QED) is 0.150. The van der Waals surface area contributed by atoms with Crippen molar-refractivity contribution in [2.45, 2.75) is 45.8 Å². The number of hydrogen-bond donors (Lipinski definition) is 0. The third kappa shape index (κ3) is 3.09. The summed E-state index contributed by atoms with van der Waals surface area (Å²) >= 11 is 3.80. The second-order valence-corrected chi connectivity index (χ2v) is 14.3. The van der Waals surface area contributed by atoms with Crippen LogP contribution in [0.25, 0.3) is 32.7 Å². The molecule has 3 aliphatic rings. The fourth-order valence-electron chi connectivity index (χ4n) is 6.93. The fourth-order valence-corrected chi connectivity index (χ4v) is 9.41. The molecule has 0 atom stereocenters. The first-order valence-electron chi connectivity index (χ1n) is 13.9. The van der Waals surface area contributed by atoms with Crippen molar-refractivity contribution in [3.05, 3.63) is 103 Å². The van der Waals surface area contributed by atoms with Gasteiger partial charge in [0.1, 0.15) is 11.5 Å².